The first-order chi connectivity index (χ1) is 13.6. The van der Waals surface area contributed by atoms with Gasteiger partial charge in [-0.1, -0.05) is 29.8 Å². The highest BCUT2D eigenvalue weighted by Gasteiger charge is 2.31. The van der Waals surface area contributed by atoms with Crippen LogP contribution in [0.25, 0.3) is 0 Å². The minimum Gasteiger partial charge on any atom is -0.452 e. The Morgan fingerprint density at radius 3 is 2.59 bits per heavy atom. The van der Waals surface area contributed by atoms with Crippen LogP contribution in [0.5, 0.6) is 0 Å². The van der Waals surface area contributed by atoms with Crippen molar-refractivity contribution in [1.82, 2.24) is 4.31 Å². The van der Waals surface area contributed by atoms with Gasteiger partial charge in [0.2, 0.25) is 10.0 Å². The molecule has 1 atom stereocenters. The number of nitrogens with zero attached hydrogens (tertiary/aromatic N) is 2. The average Bonchev–Trinajstić information content (AvgIpc) is 3.01. The van der Waals surface area contributed by atoms with Crippen molar-refractivity contribution in [1.29, 1.82) is 0 Å². The fourth-order valence-corrected chi connectivity index (χ4v) is 4.38. The molecule has 1 aliphatic rings. The summed E-state index contributed by atoms with van der Waals surface area (Å²) in [6.07, 6.45) is 0.728. The number of ether oxygens (including phenoxy) is 1. The van der Waals surface area contributed by atoms with E-state index in [0.717, 1.165) is 28.0 Å². The number of rotatable bonds is 5. The number of amides is 1. The second kappa shape index (κ2) is 8.14. The summed E-state index contributed by atoms with van der Waals surface area (Å²) in [5, 5.41) is 0.0417. The minimum atomic E-state index is -3.74. The van der Waals surface area contributed by atoms with Crippen molar-refractivity contribution in [2.75, 3.05) is 25.6 Å². The molecule has 0 saturated carbocycles. The van der Waals surface area contributed by atoms with Crippen molar-refractivity contribution in [3.8, 4) is 0 Å². The lowest BCUT2D eigenvalue weighted by molar-refractivity contribution is -0.122. The third kappa shape index (κ3) is 4.14. The standard InChI is InChI=1S/C20H21ClN2O5S/c1-13-10-14-6-4-5-7-18(14)23(13)19(24)12-28-20(25)16-11-15(8-9-17(16)21)29(26,27)22(2)3/h4-9,11,13H,10,12H2,1-3H3. The summed E-state index contributed by atoms with van der Waals surface area (Å²) >= 11 is 6.05. The Kier molecular flexibility index (Phi) is 5.97. The summed E-state index contributed by atoms with van der Waals surface area (Å²) in [7, 11) is -0.974. The van der Waals surface area contributed by atoms with Crippen LogP contribution in [0.2, 0.25) is 5.02 Å². The fraction of sp³-hybridized carbons (Fsp3) is 0.300. The number of fused-ring (bicyclic) bond motifs is 1. The van der Waals surface area contributed by atoms with Crippen LogP contribution in [0.15, 0.2) is 47.4 Å². The number of para-hydroxylation sites is 1. The van der Waals surface area contributed by atoms with E-state index in [9.17, 15) is 18.0 Å². The van der Waals surface area contributed by atoms with Gasteiger partial charge in [0.1, 0.15) is 0 Å². The maximum Gasteiger partial charge on any atom is 0.340 e. The van der Waals surface area contributed by atoms with E-state index in [-0.39, 0.29) is 27.4 Å². The number of hydrogen-bond acceptors (Lipinski definition) is 5. The molecule has 0 radical (unpaired) electrons. The van der Waals surface area contributed by atoms with Gasteiger partial charge in [0.25, 0.3) is 5.91 Å². The van der Waals surface area contributed by atoms with E-state index in [0.29, 0.717) is 0 Å². The molecule has 0 saturated heterocycles. The van der Waals surface area contributed by atoms with Gasteiger partial charge in [0.05, 0.1) is 15.5 Å². The lowest BCUT2D eigenvalue weighted by Gasteiger charge is -2.22. The van der Waals surface area contributed by atoms with Crippen molar-refractivity contribution < 1.29 is 22.7 Å². The van der Waals surface area contributed by atoms with Crippen molar-refractivity contribution in [3.63, 3.8) is 0 Å². The molecule has 1 amide bonds. The van der Waals surface area contributed by atoms with Gasteiger partial charge in [-0.05, 0) is 43.2 Å². The van der Waals surface area contributed by atoms with Gasteiger partial charge in [0, 0.05) is 25.8 Å². The normalized spacial score (nSPS) is 16.0. The molecule has 154 valence electrons. The molecular weight excluding hydrogens is 416 g/mol. The molecule has 2 aromatic rings. The predicted molar refractivity (Wildman–Crippen MR) is 110 cm³/mol. The quantitative estimate of drug-likeness (QED) is 0.673. The van der Waals surface area contributed by atoms with Crippen LogP contribution in [-0.2, 0) is 26.0 Å². The zero-order valence-corrected chi connectivity index (χ0v) is 17.8. The van der Waals surface area contributed by atoms with E-state index in [1.54, 1.807) is 4.90 Å². The van der Waals surface area contributed by atoms with Crippen LogP contribution in [0, 0.1) is 0 Å². The highest BCUT2D eigenvalue weighted by atomic mass is 35.5. The van der Waals surface area contributed by atoms with Crippen LogP contribution in [0.4, 0.5) is 5.69 Å². The van der Waals surface area contributed by atoms with Gasteiger partial charge in [0.15, 0.2) is 6.61 Å². The van der Waals surface area contributed by atoms with Gasteiger partial charge in [-0.25, -0.2) is 17.5 Å². The molecule has 3 rings (SSSR count). The number of hydrogen-bond donors (Lipinski definition) is 0. The first-order valence-electron chi connectivity index (χ1n) is 8.92. The molecule has 1 heterocycles. The number of carbonyl (C=O) groups excluding carboxylic acids is 2. The summed E-state index contributed by atoms with van der Waals surface area (Å²) in [6, 6.07) is 11.3. The number of benzene rings is 2. The molecule has 9 heteroatoms. The smallest absolute Gasteiger partial charge is 0.340 e. The number of esters is 1. The monoisotopic (exact) mass is 436 g/mol. The van der Waals surface area contributed by atoms with Crippen LogP contribution >= 0.6 is 11.6 Å². The molecule has 29 heavy (non-hydrogen) atoms. The molecule has 0 spiro atoms. The van der Waals surface area contributed by atoms with E-state index in [1.165, 1.54) is 26.2 Å². The molecule has 2 aromatic carbocycles. The number of halogens is 1. The second-order valence-corrected chi connectivity index (χ2v) is 9.51. The summed E-state index contributed by atoms with van der Waals surface area (Å²) in [5.41, 5.74) is 1.75. The fourth-order valence-electron chi connectivity index (χ4n) is 3.25. The van der Waals surface area contributed by atoms with E-state index >= 15 is 0 Å². The first kappa shape index (κ1) is 21.3. The zero-order valence-electron chi connectivity index (χ0n) is 16.3. The van der Waals surface area contributed by atoms with Gasteiger partial charge in [-0.3, -0.25) is 4.79 Å². The molecule has 0 fully saturated rings. The maximum atomic E-state index is 12.7. The molecule has 7 nitrogen and oxygen atoms in total. The summed E-state index contributed by atoms with van der Waals surface area (Å²) in [6.45, 7) is 1.45. The van der Waals surface area contributed by atoms with Crippen molar-refractivity contribution in [2.45, 2.75) is 24.3 Å². The first-order valence-corrected chi connectivity index (χ1v) is 10.7. The van der Waals surface area contributed by atoms with Crippen LogP contribution in [0.3, 0.4) is 0 Å². The second-order valence-electron chi connectivity index (χ2n) is 6.95. The van der Waals surface area contributed by atoms with Crippen molar-refractivity contribution in [3.05, 3.63) is 58.6 Å². The highest BCUT2D eigenvalue weighted by Crippen LogP contribution is 2.32. The third-order valence-electron chi connectivity index (χ3n) is 4.74. The number of sulfonamides is 1. The van der Waals surface area contributed by atoms with E-state index in [1.807, 2.05) is 31.2 Å². The molecule has 0 N–H and O–H groups in total. The third-order valence-corrected chi connectivity index (χ3v) is 6.88. The lowest BCUT2D eigenvalue weighted by Crippen LogP contribution is -2.38. The minimum absolute atomic E-state index is 0.0417. The predicted octanol–water partition coefficient (Wildman–Crippen LogP) is 2.72. The topological polar surface area (TPSA) is 84.0 Å². The Morgan fingerprint density at radius 1 is 1.21 bits per heavy atom. The van der Waals surface area contributed by atoms with Crippen LogP contribution < -0.4 is 4.90 Å². The van der Waals surface area contributed by atoms with Crippen molar-refractivity contribution >= 4 is 39.2 Å². The number of anilines is 1. The summed E-state index contributed by atoms with van der Waals surface area (Å²) in [4.78, 5) is 26.7. The SMILES string of the molecule is CC1Cc2ccccc2N1C(=O)COC(=O)c1cc(S(=O)(=O)N(C)C)ccc1Cl. The van der Waals surface area contributed by atoms with Gasteiger partial charge in [-0.15, -0.1) is 0 Å². The van der Waals surface area contributed by atoms with E-state index in [4.69, 9.17) is 16.3 Å². The molecule has 0 aromatic heterocycles. The Labute approximate surface area is 174 Å². The van der Waals surface area contributed by atoms with Crippen LogP contribution in [-0.4, -0.2) is 51.3 Å². The van der Waals surface area contributed by atoms with Crippen LogP contribution in [0.1, 0.15) is 22.8 Å². The zero-order chi connectivity index (χ0) is 21.3. The summed E-state index contributed by atoms with van der Waals surface area (Å²) in [5.74, 6) is -1.22. The van der Waals surface area contributed by atoms with Gasteiger partial charge >= 0.3 is 5.97 Å². The molecule has 1 aliphatic heterocycles. The largest absolute Gasteiger partial charge is 0.452 e. The Hall–Kier alpha value is -2.42. The molecular formula is C20H21ClN2O5S. The average molecular weight is 437 g/mol. The summed E-state index contributed by atoms with van der Waals surface area (Å²) < 4.78 is 30.7. The lowest BCUT2D eigenvalue weighted by atomic mass is 10.1. The van der Waals surface area contributed by atoms with E-state index < -0.39 is 22.6 Å². The molecule has 0 bridgehead atoms. The van der Waals surface area contributed by atoms with Crippen molar-refractivity contribution in [2.24, 2.45) is 0 Å². The Morgan fingerprint density at radius 2 is 1.90 bits per heavy atom. The van der Waals surface area contributed by atoms with E-state index in [2.05, 4.69) is 0 Å². The maximum absolute atomic E-state index is 12.7. The molecule has 0 aliphatic carbocycles. The Balaban J connectivity index is 1.76. The highest BCUT2D eigenvalue weighted by molar-refractivity contribution is 7.89. The van der Waals surface area contributed by atoms with Gasteiger partial charge < -0.3 is 9.64 Å². The number of carbonyl (C=O) groups is 2. The Bertz CT molecular complexity index is 1070. The van der Waals surface area contributed by atoms with Gasteiger partial charge in [-0.2, -0.15) is 0 Å². The molecule has 1 unspecified atom stereocenters.